The van der Waals surface area contributed by atoms with Crippen molar-refractivity contribution in [1.82, 2.24) is 0 Å². The molecule has 0 aliphatic carbocycles. The lowest BCUT2D eigenvalue weighted by Gasteiger charge is -2.18. The molecule has 2 heterocycles. The number of halogens is 2. The number of ether oxygens (including phenoxy) is 1. The van der Waals surface area contributed by atoms with E-state index in [2.05, 4.69) is 0 Å². The maximum Gasteiger partial charge on any atom is 0.106 e. The summed E-state index contributed by atoms with van der Waals surface area (Å²) in [5, 5.41) is 10.1. The number of hydrogen-bond donors (Lipinski definition) is 1. The van der Waals surface area contributed by atoms with Crippen LogP contribution in [0.25, 0.3) is 0 Å². The zero-order chi connectivity index (χ0) is 10.8. The average molecular weight is 265 g/mol. The van der Waals surface area contributed by atoms with Crippen molar-refractivity contribution in [3.63, 3.8) is 0 Å². The molecule has 15 heavy (non-hydrogen) atoms. The highest BCUT2D eigenvalue weighted by Gasteiger charge is 2.20. The second-order valence-corrected chi connectivity index (χ2v) is 5.63. The first-order chi connectivity index (χ1) is 7.18. The van der Waals surface area contributed by atoms with Gasteiger partial charge in [-0.2, -0.15) is 0 Å². The molecule has 1 aliphatic heterocycles. The lowest BCUT2D eigenvalue weighted by Crippen LogP contribution is -2.07. The predicted molar refractivity (Wildman–Crippen MR) is 62.6 cm³/mol. The molecule has 2 nitrogen and oxygen atoms in total. The van der Waals surface area contributed by atoms with Crippen LogP contribution in [0.4, 0.5) is 0 Å². The molecule has 2 rings (SSSR count). The highest BCUT2D eigenvalue weighted by atomic mass is 35.5. The van der Waals surface area contributed by atoms with Crippen molar-refractivity contribution in [3.05, 3.63) is 32.1 Å². The second-order valence-electron chi connectivity index (χ2n) is 3.35. The first-order valence-corrected chi connectivity index (χ1v) is 6.19. The summed E-state index contributed by atoms with van der Waals surface area (Å²) in [5.41, 5.74) is 1.53. The lowest BCUT2D eigenvalue weighted by molar-refractivity contribution is 0.171. The number of rotatable bonds is 2. The van der Waals surface area contributed by atoms with E-state index in [0.29, 0.717) is 20.8 Å². The third-order valence-corrected chi connectivity index (χ3v) is 3.81. The molecule has 5 heteroatoms. The largest absolute Gasteiger partial charge is 0.501 e. The van der Waals surface area contributed by atoms with Crippen molar-refractivity contribution in [1.29, 1.82) is 0 Å². The standard InChI is InChI=1S/C10H10Cl2O2S/c11-8-4-7(10(12)15-8)9(13)6-2-1-3-14-5-6/h4-5,9,13H,1-3H2. The molecule has 1 N–H and O–H groups in total. The van der Waals surface area contributed by atoms with Crippen LogP contribution in [0.5, 0.6) is 0 Å². The van der Waals surface area contributed by atoms with Crippen molar-refractivity contribution in [3.8, 4) is 0 Å². The van der Waals surface area contributed by atoms with E-state index >= 15 is 0 Å². The van der Waals surface area contributed by atoms with Gasteiger partial charge in [-0.15, -0.1) is 11.3 Å². The number of aliphatic hydroxyl groups is 1. The molecule has 1 atom stereocenters. The van der Waals surface area contributed by atoms with Crippen LogP contribution in [-0.4, -0.2) is 11.7 Å². The van der Waals surface area contributed by atoms with E-state index in [-0.39, 0.29) is 0 Å². The summed E-state index contributed by atoms with van der Waals surface area (Å²) in [6.45, 7) is 0.717. The molecule has 0 bridgehead atoms. The molecule has 1 aromatic heterocycles. The maximum absolute atomic E-state index is 10.1. The first-order valence-electron chi connectivity index (χ1n) is 4.62. The topological polar surface area (TPSA) is 29.5 Å². The van der Waals surface area contributed by atoms with Gasteiger partial charge in [0.1, 0.15) is 10.4 Å². The molecule has 0 amide bonds. The number of thiophene rings is 1. The molecule has 1 unspecified atom stereocenters. The fraction of sp³-hybridized carbons (Fsp3) is 0.400. The Bertz CT molecular complexity index is 387. The average Bonchev–Trinajstić information content (AvgIpc) is 2.58. The van der Waals surface area contributed by atoms with Crippen LogP contribution in [0.3, 0.4) is 0 Å². The Labute approximate surface area is 102 Å². The summed E-state index contributed by atoms with van der Waals surface area (Å²) in [7, 11) is 0. The SMILES string of the molecule is OC(C1=COCCC1)c1cc(Cl)sc1Cl. The van der Waals surface area contributed by atoms with Crippen molar-refractivity contribution < 1.29 is 9.84 Å². The third-order valence-electron chi connectivity index (χ3n) is 2.29. The zero-order valence-corrected chi connectivity index (χ0v) is 10.2. The Balaban J connectivity index is 2.23. The maximum atomic E-state index is 10.1. The number of aliphatic hydroxyl groups excluding tert-OH is 1. The van der Waals surface area contributed by atoms with Gasteiger partial charge >= 0.3 is 0 Å². The minimum atomic E-state index is -0.693. The van der Waals surface area contributed by atoms with Crippen LogP contribution in [0.15, 0.2) is 17.9 Å². The molecule has 0 saturated carbocycles. The van der Waals surface area contributed by atoms with Crippen LogP contribution >= 0.6 is 34.5 Å². The Morgan fingerprint density at radius 3 is 2.80 bits per heavy atom. The van der Waals surface area contributed by atoms with Gasteiger partial charge in [0, 0.05) is 5.56 Å². The fourth-order valence-electron chi connectivity index (χ4n) is 1.52. The molecule has 82 valence electrons. The monoisotopic (exact) mass is 264 g/mol. The number of hydrogen-bond acceptors (Lipinski definition) is 3. The summed E-state index contributed by atoms with van der Waals surface area (Å²) in [6.07, 6.45) is 2.70. The van der Waals surface area contributed by atoms with Crippen LogP contribution in [0.1, 0.15) is 24.5 Å². The van der Waals surface area contributed by atoms with Crippen molar-refractivity contribution in [2.75, 3.05) is 6.61 Å². The van der Waals surface area contributed by atoms with E-state index < -0.39 is 6.10 Å². The molecular formula is C10H10Cl2O2S. The van der Waals surface area contributed by atoms with Gasteiger partial charge in [0.15, 0.2) is 0 Å². The molecule has 0 spiro atoms. The summed E-state index contributed by atoms with van der Waals surface area (Å²) in [6, 6.07) is 1.70. The summed E-state index contributed by atoms with van der Waals surface area (Å²) >= 11 is 13.1. The first kappa shape index (κ1) is 11.3. The Morgan fingerprint density at radius 1 is 1.47 bits per heavy atom. The minimum Gasteiger partial charge on any atom is -0.501 e. The van der Waals surface area contributed by atoms with Gasteiger partial charge in [-0.25, -0.2) is 0 Å². The summed E-state index contributed by atoms with van der Waals surface area (Å²) in [4.78, 5) is 0. The summed E-state index contributed by atoms with van der Waals surface area (Å²) < 4.78 is 6.31. The van der Waals surface area contributed by atoms with E-state index in [1.165, 1.54) is 11.3 Å². The smallest absolute Gasteiger partial charge is 0.106 e. The second kappa shape index (κ2) is 4.74. The molecule has 1 aliphatic rings. The molecule has 0 saturated heterocycles. The molecule has 1 aromatic rings. The van der Waals surface area contributed by atoms with E-state index in [9.17, 15) is 5.11 Å². The normalized spacial score (nSPS) is 18.2. The third kappa shape index (κ3) is 2.48. The fourth-order valence-corrected chi connectivity index (χ4v) is 3.05. The quantitative estimate of drug-likeness (QED) is 0.881. The van der Waals surface area contributed by atoms with Gasteiger partial charge < -0.3 is 9.84 Å². The van der Waals surface area contributed by atoms with E-state index in [1.54, 1.807) is 12.3 Å². The van der Waals surface area contributed by atoms with Gasteiger partial charge in [0.05, 0.1) is 17.2 Å². The van der Waals surface area contributed by atoms with Crippen molar-refractivity contribution in [2.24, 2.45) is 0 Å². The summed E-state index contributed by atoms with van der Waals surface area (Å²) in [5.74, 6) is 0. The molecule has 0 radical (unpaired) electrons. The van der Waals surface area contributed by atoms with Crippen molar-refractivity contribution in [2.45, 2.75) is 18.9 Å². The molecule has 0 aromatic carbocycles. The molecular weight excluding hydrogens is 255 g/mol. The predicted octanol–water partition coefficient (Wildman–Crippen LogP) is 3.78. The molecule has 0 fully saturated rings. The van der Waals surface area contributed by atoms with E-state index in [0.717, 1.165) is 18.4 Å². The van der Waals surface area contributed by atoms with Gasteiger partial charge in [0.2, 0.25) is 0 Å². The van der Waals surface area contributed by atoms with Gasteiger partial charge in [-0.05, 0) is 24.5 Å². The van der Waals surface area contributed by atoms with Crippen LogP contribution < -0.4 is 0 Å². The van der Waals surface area contributed by atoms with Crippen LogP contribution in [0.2, 0.25) is 8.67 Å². The van der Waals surface area contributed by atoms with E-state index in [1.807, 2.05) is 0 Å². The van der Waals surface area contributed by atoms with Crippen LogP contribution in [-0.2, 0) is 4.74 Å². The minimum absolute atomic E-state index is 0.541. The Hall–Kier alpha value is -0.220. The lowest BCUT2D eigenvalue weighted by atomic mass is 10.0. The van der Waals surface area contributed by atoms with E-state index in [4.69, 9.17) is 27.9 Å². The highest BCUT2D eigenvalue weighted by molar-refractivity contribution is 7.20. The van der Waals surface area contributed by atoms with Gasteiger partial charge in [-0.1, -0.05) is 23.2 Å². The van der Waals surface area contributed by atoms with Gasteiger partial charge in [0.25, 0.3) is 0 Å². The van der Waals surface area contributed by atoms with Gasteiger partial charge in [-0.3, -0.25) is 0 Å². The van der Waals surface area contributed by atoms with Crippen molar-refractivity contribution >= 4 is 34.5 Å². The zero-order valence-electron chi connectivity index (χ0n) is 7.87. The Kier molecular flexibility index (Phi) is 3.57. The Morgan fingerprint density at radius 2 is 2.27 bits per heavy atom. The van der Waals surface area contributed by atoms with Crippen LogP contribution in [0, 0.1) is 0 Å². The highest BCUT2D eigenvalue weighted by Crippen LogP contribution is 2.38.